The molecule has 282 valence electrons. The first-order valence-electron chi connectivity index (χ1n) is 20.1. The zero-order chi connectivity index (χ0) is 39.8. The van der Waals surface area contributed by atoms with E-state index < -0.39 is 8.07 Å². The van der Waals surface area contributed by atoms with Crippen molar-refractivity contribution in [1.29, 1.82) is 0 Å². The number of pyridine rings is 1. The Hall–Kier alpha value is -7.28. The quantitative estimate of drug-likeness (QED) is 0.144. The van der Waals surface area contributed by atoms with Crippen LogP contribution in [0, 0.1) is 0 Å². The van der Waals surface area contributed by atoms with Crippen LogP contribution in [0.4, 0.5) is 17.2 Å². The lowest BCUT2D eigenvalue weighted by atomic mass is 9.93. The van der Waals surface area contributed by atoms with Gasteiger partial charge in [0.15, 0.2) is 11.6 Å². The number of para-hydroxylation sites is 2. The van der Waals surface area contributed by atoms with Crippen molar-refractivity contribution in [3.63, 3.8) is 0 Å². The van der Waals surface area contributed by atoms with Gasteiger partial charge in [0.1, 0.15) is 19.7 Å². The largest absolute Gasteiger partial charge is 0.295 e. The van der Waals surface area contributed by atoms with Gasteiger partial charge in [-0.3, -0.25) is 4.90 Å². The van der Waals surface area contributed by atoms with Crippen molar-refractivity contribution in [3.05, 3.63) is 212 Å². The normalized spacial score (nSPS) is 12.7. The molecule has 1 aliphatic rings. The summed E-state index contributed by atoms with van der Waals surface area (Å²) >= 11 is 0. The lowest BCUT2D eigenvalue weighted by Crippen LogP contribution is -2.58. The molecule has 9 aromatic rings. The molecule has 7 aromatic carbocycles. The SMILES string of the molecule is C[Si]1(C)c2ccccc2N(c2ncc(-c3cc(-c4ccccc4)cc(-c4ccccc4)c3)cc2Cc2nc(-c3ccccc3)nc(-c3ccccc3)n2)c2ccccc21. The predicted octanol–water partition coefficient (Wildman–Crippen LogP) is 11.8. The summed E-state index contributed by atoms with van der Waals surface area (Å²) in [7, 11) is -2.03. The molecular formula is C53H41N5Si. The van der Waals surface area contributed by atoms with E-state index in [0.717, 1.165) is 55.9 Å². The van der Waals surface area contributed by atoms with Gasteiger partial charge in [0, 0.05) is 46.2 Å². The maximum absolute atomic E-state index is 5.46. The zero-order valence-electron chi connectivity index (χ0n) is 33.0. The average molecular weight is 776 g/mol. The highest BCUT2D eigenvalue weighted by Gasteiger charge is 2.39. The lowest BCUT2D eigenvalue weighted by Gasteiger charge is -2.41. The molecule has 10 rings (SSSR count). The van der Waals surface area contributed by atoms with Crippen LogP contribution in [0.15, 0.2) is 200 Å². The molecule has 1 aliphatic heterocycles. The van der Waals surface area contributed by atoms with Crippen molar-refractivity contribution in [3.8, 4) is 56.2 Å². The van der Waals surface area contributed by atoms with Crippen LogP contribution < -0.4 is 15.3 Å². The van der Waals surface area contributed by atoms with Gasteiger partial charge in [0.2, 0.25) is 0 Å². The van der Waals surface area contributed by atoms with Gasteiger partial charge in [-0.15, -0.1) is 0 Å². The van der Waals surface area contributed by atoms with E-state index in [1.54, 1.807) is 0 Å². The molecule has 0 radical (unpaired) electrons. The van der Waals surface area contributed by atoms with E-state index in [1.807, 2.05) is 42.6 Å². The van der Waals surface area contributed by atoms with E-state index >= 15 is 0 Å². The number of aromatic nitrogens is 4. The third-order valence-electron chi connectivity index (χ3n) is 11.4. The number of rotatable bonds is 8. The molecule has 0 saturated carbocycles. The summed E-state index contributed by atoms with van der Waals surface area (Å²) in [4.78, 5) is 23.2. The summed E-state index contributed by atoms with van der Waals surface area (Å²) in [5.74, 6) is 2.83. The fraction of sp³-hybridized carbons (Fsp3) is 0.0566. The van der Waals surface area contributed by atoms with Gasteiger partial charge in [0.25, 0.3) is 0 Å². The highest BCUT2D eigenvalue weighted by atomic mass is 28.3. The topological polar surface area (TPSA) is 54.8 Å². The van der Waals surface area contributed by atoms with Crippen LogP contribution in [-0.2, 0) is 6.42 Å². The van der Waals surface area contributed by atoms with E-state index in [1.165, 1.54) is 21.7 Å². The molecule has 0 N–H and O–H groups in total. The van der Waals surface area contributed by atoms with Crippen LogP contribution in [0.1, 0.15) is 11.4 Å². The Bertz CT molecular complexity index is 2770. The Labute approximate surface area is 346 Å². The maximum Gasteiger partial charge on any atom is 0.163 e. The molecule has 0 fully saturated rings. The van der Waals surface area contributed by atoms with Crippen LogP contribution in [-0.4, -0.2) is 28.0 Å². The van der Waals surface area contributed by atoms with Crippen molar-refractivity contribution < 1.29 is 0 Å². The van der Waals surface area contributed by atoms with Gasteiger partial charge in [-0.25, -0.2) is 19.9 Å². The summed E-state index contributed by atoms with van der Waals surface area (Å²) in [6, 6.07) is 68.4. The minimum absolute atomic E-state index is 0.434. The zero-order valence-corrected chi connectivity index (χ0v) is 34.0. The van der Waals surface area contributed by atoms with E-state index in [-0.39, 0.29) is 0 Å². The standard InChI is InChI=1S/C53H41N5Si/c1-59(2)48-29-17-15-27-46(48)58(47-28-16-18-30-49(47)59)53-44(35-50-55-51(39-23-11-5-12-24-39)57-52(56-50)40-25-13-6-14-26-40)34-45(36-54-53)43-32-41(37-19-7-3-8-20-37)31-42(33-43)38-21-9-4-10-22-38/h3-34,36H,35H2,1-2H3. The summed E-state index contributed by atoms with van der Waals surface area (Å²) in [5, 5.41) is 2.77. The summed E-state index contributed by atoms with van der Waals surface area (Å²) < 4.78 is 0. The molecule has 5 nitrogen and oxygen atoms in total. The molecule has 2 aromatic heterocycles. The minimum atomic E-state index is -2.03. The Morgan fingerprint density at radius 3 is 1.29 bits per heavy atom. The van der Waals surface area contributed by atoms with Crippen LogP contribution in [0.25, 0.3) is 56.2 Å². The Morgan fingerprint density at radius 2 is 0.814 bits per heavy atom. The van der Waals surface area contributed by atoms with Gasteiger partial charge < -0.3 is 0 Å². The highest BCUT2D eigenvalue weighted by Crippen LogP contribution is 2.41. The Morgan fingerprint density at radius 1 is 0.407 bits per heavy atom. The molecular weight excluding hydrogens is 735 g/mol. The van der Waals surface area contributed by atoms with Crippen molar-refractivity contribution in [1.82, 2.24) is 19.9 Å². The summed E-state index contributed by atoms with van der Waals surface area (Å²) in [6.45, 7) is 4.90. The van der Waals surface area contributed by atoms with Gasteiger partial charge in [-0.2, -0.15) is 0 Å². The molecule has 3 heterocycles. The van der Waals surface area contributed by atoms with Crippen molar-refractivity contribution >= 4 is 35.6 Å². The molecule has 0 bridgehead atoms. The molecule has 6 heteroatoms. The number of hydrogen-bond acceptors (Lipinski definition) is 5. The predicted molar refractivity (Wildman–Crippen MR) is 245 cm³/mol. The van der Waals surface area contributed by atoms with Gasteiger partial charge in [-0.1, -0.05) is 171 Å². The van der Waals surface area contributed by atoms with E-state index in [2.05, 4.69) is 176 Å². The summed E-state index contributed by atoms with van der Waals surface area (Å²) in [6.07, 6.45) is 2.47. The maximum atomic E-state index is 5.46. The van der Waals surface area contributed by atoms with Crippen molar-refractivity contribution in [2.24, 2.45) is 0 Å². The van der Waals surface area contributed by atoms with Gasteiger partial charge in [-0.05, 0) is 74.6 Å². The highest BCUT2D eigenvalue weighted by molar-refractivity contribution is 7.02. The van der Waals surface area contributed by atoms with Gasteiger partial charge >= 0.3 is 0 Å². The second-order valence-corrected chi connectivity index (χ2v) is 19.9. The number of anilines is 3. The monoisotopic (exact) mass is 775 g/mol. The number of benzene rings is 7. The Kier molecular flexibility index (Phi) is 9.32. The molecule has 0 aliphatic carbocycles. The van der Waals surface area contributed by atoms with Crippen LogP contribution in [0.3, 0.4) is 0 Å². The smallest absolute Gasteiger partial charge is 0.163 e. The third-order valence-corrected chi connectivity index (χ3v) is 14.9. The van der Waals surface area contributed by atoms with Crippen LogP contribution in [0.5, 0.6) is 0 Å². The van der Waals surface area contributed by atoms with Crippen LogP contribution >= 0.6 is 0 Å². The number of fused-ring (bicyclic) bond motifs is 2. The summed E-state index contributed by atoms with van der Waals surface area (Å²) in [5.41, 5.74) is 12.0. The van der Waals surface area contributed by atoms with Crippen molar-refractivity contribution in [2.75, 3.05) is 4.90 Å². The second kappa shape index (κ2) is 15.2. The lowest BCUT2D eigenvalue weighted by molar-refractivity contribution is 0.926. The van der Waals surface area contributed by atoms with E-state index in [4.69, 9.17) is 19.9 Å². The minimum Gasteiger partial charge on any atom is -0.295 e. The first-order valence-corrected chi connectivity index (χ1v) is 23.1. The fourth-order valence-corrected chi connectivity index (χ4v) is 11.4. The second-order valence-electron chi connectivity index (χ2n) is 15.5. The fourth-order valence-electron chi connectivity index (χ4n) is 8.38. The van der Waals surface area contributed by atoms with E-state index in [0.29, 0.717) is 23.9 Å². The molecule has 0 amide bonds. The molecule has 0 atom stereocenters. The van der Waals surface area contributed by atoms with Crippen molar-refractivity contribution in [2.45, 2.75) is 19.5 Å². The molecule has 0 spiro atoms. The molecule has 0 saturated heterocycles. The Balaban J connectivity index is 1.20. The molecule has 59 heavy (non-hydrogen) atoms. The number of hydrogen-bond donors (Lipinski definition) is 0. The van der Waals surface area contributed by atoms with Gasteiger partial charge in [0.05, 0.1) is 0 Å². The first kappa shape index (κ1) is 36.1. The number of nitrogens with zero attached hydrogens (tertiary/aromatic N) is 5. The van der Waals surface area contributed by atoms with Crippen LogP contribution in [0.2, 0.25) is 13.1 Å². The average Bonchev–Trinajstić information content (AvgIpc) is 3.30. The van der Waals surface area contributed by atoms with E-state index in [9.17, 15) is 0 Å². The third kappa shape index (κ3) is 6.94. The molecule has 0 unspecified atom stereocenters. The first-order chi connectivity index (χ1) is 29.0.